The molecule has 218 valence electrons. The van der Waals surface area contributed by atoms with Crippen molar-refractivity contribution in [1.29, 1.82) is 0 Å². The summed E-state index contributed by atoms with van der Waals surface area (Å²) in [6.07, 6.45) is 6.41. The zero-order valence-corrected chi connectivity index (χ0v) is 23.1. The molecule has 0 atom stereocenters. The molecule has 1 saturated heterocycles. The quantitative estimate of drug-likeness (QED) is 0.244. The summed E-state index contributed by atoms with van der Waals surface area (Å²) in [7, 11) is -3.27. The monoisotopic (exact) mass is 587 g/mol. The molecule has 1 aliphatic rings. The lowest BCUT2D eigenvalue weighted by atomic mass is 10.1. The molecule has 0 bridgehead atoms. The third kappa shape index (κ3) is 8.04. The van der Waals surface area contributed by atoms with Gasteiger partial charge in [0.1, 0.15) is 6.61 Å². The molecule has 0 spiro atoms. The van der Waals surface area contributed by atoms with E-state index in [1.54, 1.807) is 42.5 Å². The topological polar surface area (TPSA) is 198 Å². The normalized spacial score (nSPS) is 13.9. The fourth-order valence-electron chi connectivity index (χ4n) is 4.15. The van der Waals surface area contributed by atoms with E-state index in [2.05, 4.69) is 29.6 Å². The molecule has 0 amide bonds. The standard InChI is InChI=1S/C25H28N7O7P.H2O/c1-30-17-20(13-28-30)22-12-23(39-40(34,35)36)25(33)32(29-22)16-18-3-2-4-19(11-18)24-26-14-21(15-27-24)38-10-7-31-5-8-37-9-6-31;/h2-4,11-15,17H,5-10,16H2,1H3,(H2,34,35,36);1H2. The highest BCUT2D eigenvalue weighted by atomic mass is 31.2. The van der Waals surface area contributed by atoms with Crippen LogP contribution >= 0.6 is 7.82 Å². The van der Waals surface area contributed by atoms with Gasteiger partial charge >= 0.3 is 13.4 Å². The van der Waals surface area contributed by atoms with Gasteiger partial charge in [-0.05, 0) is 11.6 Å². The Morgan fingerprint density at radius 1 is 1.07 bits per heavy atom. The van der Waals surface area contributed by atoms with Gasteiger partial charge in [0.25, 0.3) is 0 Å². The summed E-state index contributed by atoms with van der Waals surface area (Å²) in [5.74, 6) is 0.511. The van der Waals surface area contributed by atoms with Gasteiger partial charge in [-0.1, -0.05) is 18.2 Å². The Bertz CT molecular complexity index is 1560. The molecular formula is C25H30N7O8P. The molecule has 0 aliphatic carbocycles. The Hall–Kier alpha value is -3.98. The van der Waals surface area contributed by atoms with Crippen LogP contribution in [0.25, 0.3) is 22.6 Å². The average molecular weight is 588 g/mol. The van der Waals surface area contributed by atoms with Gasteiger partial charge in [-0.2, -0.15) is 10.2 Å². The zero-order chi connectivity index (χ0) is 28.1. The summed E-state index contributed by atoms with van der Waals surface area (Å²) < 4.78 is 29.9. The first-order valence-corrected chi connectivity index (χ1v) is 14.0. The van der Waals surface area contributed by atoms with Crippen molar-refractivity contribution in [3.8, 4) is 34.1 Å². The molecule has 0 radical (unpaired) electrons. The maximum Gasteiger partial charge on any atom is 0.524 e. The second-order valence-corrected chi connectivity index (χ2v) is 10.3. The highest BCUT2D eigenvalue weighted by molar-refractivity contribution is 7.46. The van der Waals surface area contributed by atoms with Crippen LogP contribution in [0.3, 0.4) is 0 Å². The number of aromatic nitrogens is 6. The van der Waals surface area contributed by atoms with Gasteiger partial charge < -0.3 is 19.5 Å². The SMILES string of the molecule is Cn1cc(-c2cc(OP(=O)(O)O)c(=O)n(Cc3cccc(-c4ncc(OCCN5CCOCC5)cn4)c3)n2)cn1.O. The summed E-state index contributed by atoms with van der Waals surface area (Å²) in [5, 5.41) is 8.47. The van der Waals surface area contributed by atoms with Crippen LogP contribution in [-0.2, 0) is 22.9 Å². The molecule has 15 nitrogen and oxygen atoms in total. The predicted octanol–water partition coefficient (Wildman–Crippen LogP) is 0.507. The lowest BCUT2D eigenvalue weighted by Crippen LogP contribution is -2.38. The number of phosphoric acid groups is 1. The van der Waals surface area contributed by atoms with E-state index in [9.17, 15) is 19.1 Å². The van der Waals surface area contributed by atoms with Crippen molar-refractivity contribution in [3.05, 3.63) is 71.0 Å². The summed E-state index contributed by atoms with van der Waals surface area (Å²) in [5.41, 5.74) is 1.41. The van der Waals surface area contributed by atoms with Gasteiger partial charge in [-0.15, -0.1) is 0 Å². The lowest BCUT2D eigenvalue weighted by Gasteiger charge is -2.26. The highest BCUT2D eigenvalue weighted by Gasteiger charge is 2.22. The Balaban J connectivity index is 0.00000387. The number of morpholine rings is 1. The molecule has 1 fully saturated rings. The highest BCUT2D eigenvalue weighted by Crippen LogP contribution is 2.36. The second-order valence-electron chi connectivity index (χ2n) is 9.09. The van der Waals surface area contributed by atoms with Crippen molar-refractivity contribution in [2.45, 2.75) is 6.54 Å². The first-order chi connectivity index (χ1) is 19.2. The zero-order valence-electron chi connectivity index (χ0n) is 22.2. The van der Waals surface area contributed by atoms with Gasteiger partial charge in [0, 0.05) is 50.1 Å². The van der Waals surface area contributed by atoms with Crippen molar-refractivity contribution >= 4 is 7.82 Å². The van der Waals surface area contributed by atoms with Crippen LogP contribution in [0, 0.1) is 0 Å². The molecule has 5 rings (SSSR count). The van der Waals surface area contributed by atoms with Crippen molar-refractivity contribution < 1.29 is 33.8 Å². The molecule has 1 aliphatic heterocycles. The number of hydrogen-bond acceptors (Lipinski definition) is 10. The summed E-state index contributed by atoms with van der Waals surface area (Å²) >= 11 is 0. The molecule has 1 aromatic carbocycles. The number of nitrogens with zero attached hydrogens (tertiary/aromatic N) is 7. The van der Waals surface area contributed by atoms with Crippen molar-refractivity contribution in [2.75, 3.05) is 39.5 Å². The van der Waals surface area contributed by atoms with E-state index in [1.807, 2.05) is 12.1 Å². The van der Waals surface area contributed by atoms with E-state index in [0.29, 0.717) is 34.9 Å². The fourth-order valence-corrected chi connectivity index (χ4v) is 4.54. The van der Waals surface area contributed by atoms with Gasteiger partial charge in [0.15, 0.2) is 17.3 Å². The van der Waals surface area contributed by atoms with Crippen LogP contribution < -0.4 is 14.8 Å². The molecule has 0 unspecified atom stereocenters. The maximum absolute atomic E-state index is 13.0. The number of phosphoric ester groups is 1. The third-order valence-corrected chi connectivity index (χ3v) is 6.52. The van der Waals surface area contributed by atoms with Crippen LogP contribution in [0.15, 0.2) is 59.9 Å². The average Bonchev–Trinajstić information content (AvgIpc) is 3.37. The summed E-state index contributed by atoms with van der Waals surface area (Å²) in [6.45, 7) is 4.57. The second kappa shape index (κ2) is 13.1. The molecule has 4 heterocycles. The van der Waals surface area contributed by atoms with Crippen LogP contribution in [-0.4, -0.2) is 89.1 Å². The van der Waals surface area contributed by atoms with Crippen molar-refractivity contribution in [2.24, 2.45) is 7.05 Å². The van der Waals surface area contributed by atoms with Crippen LogP contribution in [0.1, 0.15) is 5.56 Å². The lowest BCUT2D eigenvalue weighted by molar-refractivity contribution is 0.0322. The smallest absolute Gasteiger partial charge is 0.489 e. The summed E-state index contributed by atoms with van der Waals surface area (Å²) in [6, 6.07) is 8.42. The Labute approximate surface area is 234 Å². The Morgan fingerprint density at radius 2 is 1.83 bits per heavy atom. The predicted molar refractivity (Wildman–Crippen MR) is 146 cm³/mol. The number of ether oxygens (including phenoxy) is 2. The van der Waals surface area contributed by atoms with Crippen LogP contribution in [0.5, 0.6) is 11.5 Å². The van der Waals surface area contributed by atoms with Gasteiger partial charge in [-0.3, -0.25) is 24.2 Å². The minimum Gasteiger partial charge on any atom is -0.489 e. The fraction of sp³-hybridized carbons (Fsp3) is 0.320. The summed E-state index contributed by atoms with van der Waals surface area (Å²) in [4.78, 5) is 42.7. The number of aryl methyl sites for hydroxylation is 1. The van der Waals surface area contributed by atoms with E-state index in [1.165, 1.54) is 12.3 Å². The largest absolute Gasteiger partial charge is 0.524 e. The van der Waals surface area contributed by atoms with Gasteiger partial charge in [0.2, 0.25) is 0 Å². The van der Waals surface area contributed by atoms with Gasteiger partial charge in [0.05, 0.1) is 44.0 Å². The molecule has 4 N–H and O–H groups in total. The van der Waals surface area contributed by atoms with Crippen LogP contribution in [0.4, 0.5) is 0 Å². The minimum atomic E-state index is -4.99. The number of rotatable bonds is 10. The van der Waals surface area contributed by atoms with Crippen LogP contribution in [0.2, 0.25) is 0 Å². The van der Waals surface area contributed by atoms with E-state index in [-0.39, 0.29) is 17.7 Å². The van der Waals surface area contributed by atoms with E-state index >= 15 is 0 Å². The molecule has 0 saturated carbocycles. The first kappa shape index (κ1) is 30.0. The molecule has 41 heavy (non-hydrogen) atoms. The minimum absolute atomic E-state index is 0. The molecule has 3 aromatic heterocycles. The third-order valence-electron chi connectivity index (χ3n) is 6.09. The molecule has 16 heteroatoms. The Morgan fingerprint density at radius 3 is 2.51 bits per heavy atom. The van der Waals surface area contributed by atoms with Gasteiger partial charge in [-0.25, -0.2) is 19.2 Å². The van der Waals surface area contributed by atoms with Crippen molar-refractivity contribution in [3.63, 3.8) is 0 Å². The van der Waals surface area contributed by atoms with E-state index in [4.69, 9.17) is 9.47 Å². The van der Waals surface area contributed by atoms with E-state index in [0.717, 1.165) is 37.5 Å². The Kier molecular flexibility index (Phi) is 9.60. The first-order valence-electron chi connectivity index (χ1n) is 12.4. The molecule has 4 aromatic rings. The van der Waals surface area contributed by atoms with E-state index < -0.39 is 19.1 Å². The van der Waals surface area contributed by atoms with Crippen molar-refractivity contribution in [1.82, 2.24) is 34.4 Å². The molecular weight excluding hydrogens is 557 g/mol. The number of benzene rings is 1. The maximum atomic E-state index is 13.0. The number of hydrogen-bond donors (Lipinski definition) is 2.